The molecular formula is C7H14O3S. The first-order valence-corrected chi connectivity index (χ1v) is 5.06. The number of hydrogen-bond donors (Lipinski definition) is 1. The Morgan fingerprint density at radius 3 is 2.73 bits per heavy atom. The Bertz CT molecular complexity index is 104. The van der Waals surface area contributed by atoms with Gasteiger partial charge in [-0.2, -0.15) is 0 Å². The zero-order valence-corrected chi connectivity index (χ0v) is 7.47. The molecule has 66 valence electrons. The van der Waals surface area contributed by atoms with E-state index in [4.69, 9.17) is 14.6 Å². The summed E-state index contributed by atoms with van der Waals surface area (Å²) in [6.45, 7) is 1.51. The van der Waals surface area contributed by atoms with Crippen molar-refractivity contribution in [1.29, 1.82) is 0 Å². The quantitative estimate of drug-likeness (QED) is 0.649. The highest BCUT2D eigenvalue weighted by Gasteiger charge is 2.16. The molecule has 1 fully saturated rings. The normalized spacial score (nSPS) is 23.5. The van der Waals surface area contributed by atoms with Crippen LogP contribution in [0.15, 0.2) is 0 Å². The SMILES string of the molecule is CSC(O)OC1CCOCC1. The van der Waals surface area contributed by atoms with Crippen LogP contribution in [0, 0.1) is 0 Å². The van der Waals surface area contributed by atoms with Crippen LogP contribution in [0.5, 0.6) is 0 Å². The number of thioether (sulfide) groups is 1. The average molecular weight is 178 g/mol. The molecule has 1 saturated heterocycles. The van der Waals surface area contributed by atoms with E-state index in [-0.39, 0.29) is 6.10 Å². The fourth-order valence-corrected chi connectivity index (χ4v) is 1.30. The predicted molar refractivity (Wildman–Crippen MR) is 44.4 cm³/mol. The van der Waals surface area contributed by atoms with Gasteiger partial charge in [-0.25, -0.2) is 0 Å². The summed E-state index contributed by atoms with van der Waals surface area (Å²) in [6.07, 6.45) is 3.81. The average Bonchev–Trinajstić information content (AvgIpc) is 2.06. The lowest BCUT2D eigenvalue weighted by atomic mass is 10.2. The number of aliphatic hydroxyl groups excluding tert-OH is 1. The van der Waals surface area contributed by atoms with E-state index in [1.54, 1.807) is 0 Å². The molecule has 1 heterocycles. The molecule has 0 aromatic rings. The van der Waals surface area contributed by atoms with E-state index in [1.165, 1.54) is 11.8 Å². The lowest BCUT2D eigenvalue weighted by molar-refractivity contribution is -0.109. The molecular weight excluding hydrogens is 164 g/mol. The summed E-state index contributed by atoms with van der Waals surface area (Å²) < 4.78 is 10.4. The van der Waals surface area contributed by atoms with E-state index in [9.17, 15) is 0 Å². The minimum absolute atomic E-state index is 0.186. The Hall–Kier alpha value is 0.230. The van der Waals surface area contributed by atoms with Gasteiger partial charge in [0, 0.05) is 13.2 Å². The van der Waals surface area contributed by atoms with Gasteiger partial charge >= 0.3 is 0 Å². The molecule has 1 rings (SSSR count). The molecule has 11 heavy (non-hydrogen) atoms. The van der Waals surface area contributed by atoms with Crippen molar-refractivity contribution < 1.29 is 14.6 Å². The summed E-state index contributed by atoms with van der Waals surface area (Å²) in [5.41, 5.74) is -0.668. The zero-order valence-electron chi connectivity index (χ0n) is 6.66. The molecule has 4 heteroatoms. The Balaban J connectivity index is 2.13. The zero-order chi connectivity index (χ0) is 8.10. The van der Waals surface area contributed by atoms with Gasteiger partial charge in [0.25, 0.3) is 0 Å². The maximum Gasteiger partial charge on any atom is 0.204 e. The monoisotopic (exact) mass is 178 g/mol. The van der Waals surface area contributed by atoms with Gasteiger partial charge in [-0.05, 0) is 19.1 Å². The van der Waals surface area contributed by atoms with E-state index < -0.39 is 5.62 Å². The Labute approximate surface area is 71.1 Å². The second kappa shape index (κ2) is 4.98. The number of rotatable bonds is 3. The van der Waals surface area contributed by atoms with Gasteiger partial charge in [-0.3, -0.25) is 0 Å². The molecule has 1 N–H and O–H groups in total. The number of aliphatic hydroxyl groups is 1. The first-order chi connectivity index (χ1) is 5.33. The Morgan fingerprint density at radius 2 is 2.18 bits per heavy atom. The van der Waals surface area contributed by atoms with Crippen molar-refractivity contribution in [3.05, 3.63) is 0 Å². The maximum absolute atomic E-state index is 9.11. The Morgan fingerprint density at radius 1 is 1.55 bits per heavy atom. The lowest BCUT2D eigenvalue weighted by Crippen LogP contribution is -2.26. The standard InChI is InChI=1S/C7H14O3S/c1-11-7(8)10-6-2-4-9-5-3-6/h6-8H,2-5H2,1H3. The van der Waals surface area contributed by atoms with Crippen LogP contribution in [-0.4, -0.2) is 36.3 Å². The predicted octanol–water partition coefficient (Wildman–Crippen LogP) is 0.821. The fraction of sp³-hybridized carbons (Fsp3) is 1.00. The summed E-state index contributed by atoms with van der Waals surface area (Å²) in [5.74, 6) is 0. The van der Waals surface area contributed by atoms with Crippen molar-refractivity contribution in [2.75, 3.05) is 19.5 Å². The van der Waals surface area contributed by atoms with Gasteiger partial charge in [-0.15, -0.1) is 11.8 Å². The van der Waals surface area contributed by atoms with E-state index in [0.717, 1.165) is 26.1 Å². The van der Waals surface area contributed by atoms with Crippen molar-refractivity contribution in [2.24, 2.45) is 0 Å². The highest BCUT2D eigenvalue weighted by atomic mass is 32.2. The highest BCUT2D eigenvalue weighted by Crippen LogP contribution is 2.15. The van der Waals surface area contributed by atoms with Gasteiger partial charge in [0.05, 0.1) is 6.10 Å². The van der Waals surface area contributed by atoms with Crippen molar-refractivity contribution in [2.45, 2.75) is 24.6 Å². The molecule has 0 radical (unpaired) electrons. The van der Waals surface area contributed by atoms with Gasteiger partial charge in [0.1, 0.15) is 0 Å². The second-order valence-corrected chi connectivity index (χ2v) is 3.37. The van der Waals surface area contributed by atoms with Gasteiger partial charge in [-0.1, -0.05) is 0 Å². The molecule has 1 aliphatic heterocycles. The summed E-state index contributed by atoms with van der Waals surface area (Å²) in [5, 5.41) is 9.11. The van der Waals surface area contributed by atoms with Gasteiger partial charge in [0.15, 0.2) is 0 Å². The van der Waals surface area contributed by atoms with E-state index >= 15 is 0 Å². The van der Waals surface area contributed by atoms with Crippen LogP contribution < -0.4 is 0 Å². The van der Waals surface area contributed by atoms with Crippen LogP contribution in [0.4, 0.5) is 0 Å². The number of hydrogen-bond acceptors (Lipinski definition) is 4. The molecule has 0 amide bonds. The minimum atomic E-state index is -0.668. The lowest BCUT2D eigenvalue weighted by Gasteiger charge is -2.24. The molecule has 0 aromatic heterocycles. The smallest absolute Gasteiger partial charge is 0.204 e. The minimum Gasteiger partial charge on any atom is -0.381 e. The Kier molecular flexibility index (Phi) is 4.22. The third-order valence-electron chi connectivity index (χ3n) is 1.68. The molecule has 0 aromatic carbocycles. The van der Waals surface area contributed by atoms with E-state index in [2.05, 4.69) is 0 Å². The third kappa shape index (κ3) is 3.42. The summed E-state index contributed by atoms with van der Waals surface area (Å²) in [7, 11) is 0. The first-order valence-electron chi connectivity index (χ1n) is 3.77. The largest absolute Gasteiger partial charge is 0.381 e. The molecule has 1 aliphatic rings. The van der Waals surface area contributed by atoms with Crippen LogP contribution >= 0.6 is 11.8 Å². The van der Waals surface area contributed by atoms with Crippen LogP contribution in [-0.2, 0) is 9.47 Å². The molecule has 0 saturated carbocycles. The highest BCUT2D eigenvalue weighted by molar-refractivity contribution is 7.98. The molecule has 0 spiro atoms. The molecule has 3 nitrogen and oxygen atoms in total. The third-order valence-corrected chi connectivity index (χ3v) is 2.19. The van der Waals surface area contributed by atoms with Crippen molar-refractivity contribution in [1.82, 2.24) is 0 Å². The van der Waals surface area contributed by atoms with Gasteiger partial charge in [0.2, 0.25) is 5.62 Å². The van der Waals surface area contributed by atoms with Crippen LogP contribution in [0.1, 0.15) is 12.8 Å². The van der Waals surface area contributed by atoms with Crippen molar-refractivity contribution in [3.63, 3.8) is 0 Å². The van der Waals surface area contributed by atoms with Crippen molar-refractivity contribution in [3.8, 4) is 0 Å². The van der Waals surface area contributed by atoms with Crippen LogP contribution in [0.25, 0.3) is 0 Å². The summed E-state index contributed by atoms with van der Waals surface area (Å²) in [4.78, 5) is 0. The van der Waals surface area contributed by atoms with Crippen molar-refractivity contribution >= 4 is 11.8 Å². The van der Waals surface area contributed by atoms with E-state index in [0.29, 0.717) is 0 Å². The maximum atomic E-state index is 9.11. The van der Waals surface area contributed by atoms with Crippen LogP contribution in [0.2, 0.25) is 0 Å². The van der Waals surface area contributed by atoms with Gasteiger partial charge < -0.3 is 14.6 Å². The summed E-state index contributed by atoms with van der Waals surface area (Å²) >= 11 is 1.31. The molecule has 1 unspecified atom stereocenters. The fourth-order valence-electron chi connectivity index (χ4n) is 1.03. The van der Waals surface area contributed by atoms with Crippen LogP contribution in [0.3, 0.4) is 0 Å². The molecule has 0 aliphatic carbocycles. The topological polar surface area (TPSA) is 38.7 Å². The second-order valence-electron chi connectivity index (χ2n) is 2.49. The first kappa shape index (κ1) is 9.32. The number of ether oxygens (including phenoxy) is 2. The molecule has 0 bridgehead atoms. The summed E-state index contributed by atoms with van der Waals surface area (Å²) in [6, 6.07) is 0. The van der Waals surface area contributed by atoms with E-state index in [1.807, 2.05) is 6.26 Å². The molecule has 1 atom stereocenters.